The summed E-state index contributed by atoms with van der Waals surface area (Å²) >= 11 is 0. The Bertz CT molecular complexity index is 1070. The summed E-state index contributed by atoms with van der Waals surface area (Å²) in [6.45, 7) is 2.57. The molecule has 2 aromatic rings. The molecule has 186 valence electrons. The number of fused-ring (bicyclic) bond motifs is 1. The highest BCUT2D eigenvalue weighted by Crippen LogP contribution is 2.35. The number of piperidine rings is 1. The van der Waals surface area contributed by atoms with Crippen molar-refractivity contribution in [2.45, 2.75) is 63.2 Å². The van der Waals surface area contributed by atoms with E-state index in [1.54, 1.807) is 12.0 Å². The number of nitrogens with zero attached hydrogens (tertiary/aromatic N) is 2. The zero-order chi connectivity index (χ0) is 24.4. The summed E-state index contributed by atoms with van der Waals surface area (Å²) in [6.07, 6.45) is 5.04. The first kappa shape index (κ1) is 23.8. The minimum absolute atomic E-state index is 0.160. The number of ether oxygens (including phenoxy) is 1. The molecule has 0 spiro atoms. The van der Waals surface area contributed by atoms with E-state index in [9.17, 15) is 9.59 Å². The standard InChI is InChI=1S/C28H36N4O3/c1-31-24-15-21(25(35-2)16-20(24)10-13-27(31)34)17-29-23-9-6-14-32(18-22-11-12-26(33)30-22)28(23)19-7-4-3-5-8-19/h3-5,7-8,15-16,22-23,28-29H,6,9-14,17-18H2,1-2H3,(H,30,33)/t22-,23+,28+/m1/s1. The summed E-state index contributed by atoms with van der Waals surface area (Å²) in [5.41, 5.74) is 4.52. The van der Waals surface area contributed by atoms with Gasteiger partial charge in [-0.3, -0.25) is 14.5 Å². The molecular formula is C28H36N4O3. The number of carbonyl (C=O) groups excluding carboxylic acids is 2. The lowest BCUT2D eigenvalue weighted by molar-refractivity contribution is -0.119. The molecule has 3 atom stereocenters. The lowest BCUT2D eigenvalue weighted by Gasteiger charge is -2.43. The van der Waals surface area contributed by atoms with Gasteiger partial charge >= 0.3 is 0 Å². The van der Waals surface area contributed by atoms with Crippen LogP contribution in [0.15, 0.2) is 42.5 Å². The average Bonchev–Trinajstić information content (AvgIpc) is 3.29. The Morgan fingerprint density at radius 1 is 1.09 bits per heavy atom. The van der Waals surface area contributed by atoms with Crippen LogP contribution in [0.1, 0.15) is 54.8 Å². The summed E-state index contributed by atoms with van der Waals surface area (Å²) in [6, 6.07) is 15.6. The van der Waals surface area contributed by atoms with E-state index in [4.69, 9.17) is 4.74 Å². The van der Waals surface area contributed by atoms with Crippen LogP contribution in [0.4, 0.5) is 5.69 Å². The minimum atomic E-state index is 0.160. The van der Waals surface area contributed by atoms with Crippen LogP contribution in [0.25, 0.3) is 0 Å². The molecule has 0 saturated carbocycles. The average molecular weight is 477 g/mol. The van der Waals surface area contributed by atoms with Gasteiger partial charge in [0.15, 0.2) is 0 Å². The Balaban J connectivity index is 1.37. The van der Waals surface area contributed by atoms with Crippen LogP contribution >= 0.6 is 0 Å². The molecule has 0 aromatic heterocycles. The highest BCUT2D eigenvalue weighted by atomic mass is 16.5. The Morgan fingerprint density at radius 2 is 1.91 bits per heavy atom. The van der Waals surface area contributed by atoms with Crippen molar-refractivity contribution in [3.63, 3.8) is 0 Å². The van der Waals surface area contributed by atoms with Crippen LogP contribution in [-0.4, -0.2) is 56.0 Å². The van der Waals surface area contributed by atoms with Gasteiger partial charge in [-0.1, -0.05) is 30.3 Å². The molecule has 3 heterocycles. The van der Waals surface area contributed by atoms with Gasteiger partial charge in [0, 0.05) is 56.3 Å². The van der Waals surface area contributed by atoms with Gasteiger partial charge in [0.2, 0.25) is 11.8 Å². The smallest absolute Gasteiger partial charge is 0.227 e. The Labute approximate surface area is 207 Å². The van der Waals surface area contributed by atoms with E-state index in [0.29, 0.717) is 19.4 Å². The number of benzene rings is 2. The highest BCUT2D eigenvalue weighted by Gasteiger charge is 2.35. The number of aryl methyl sites for hydroxylation is 1. The van der Waals surface area contributed by atoms with Gasteiger partial charge in [-0.25, -0.2) is 0 Å². The van der Waals surface area contributed by atoms with E-state index in [1.165, 1.54) is 5.56 Å². The number of hydrogen-bond donors (Lipinski definition) is 2. The molecule has 0 aliphatic carbocycles. The van der Waals surface area contributed by atoms with Crippen LogP contribution < -0.4 is 20.3 Å². The molecular weight excluding hydrogens is 440 g/mol. The SMILES string of the molecule is COc1cc2c(cc1CN[C@H]1CCCN(C[C@H]3CCC(=O)N3)[C@H]1c1ccccc1)N(C)C(=O)CC2. The molecule has 7 nitrogen and oxygen atoms in total. The third-order valence-electron chi connectivity index (χ3n) is 7.80. The minimum Gasteiger partial charge on any atom is -0.496 e. The van der Waals surface area contributed by atoms with Crippen molar-refractivity contribution in [3.8, 4) is 5.75 Å². The molecule has 0 unspecified atom stereocenters. The number of nitrogens with one attached hydrogen (secondary N) is 2. The normalized spacial score (nSPS) is 24.9. The largest absolute Gasteiger partial charge is 0.496 e. The summed E-state index contributed by atoms with van der Waals surface area (Å²) in [5, 5.41) is 6.99. The number of amides is 2. The fraction of sp³-hybridized carbons (Fsp3) is 0.500. The molecule has 5 rings (SSSR count). The maximum Gasteiger partial charge on any atom is 0.227 e. The van der Waals surface area contributed by atoms with Crippen molar-refractivity contribution < 1.29 is 14.3 Å². The Morgan fingerprint density at radius 3 is 2.66 bits per heavy atom. The highest BCUT2D eigenvalue weighted by molar-refractivity contribution is 5.96. The van der Waals surface area contributed by atoms with Crippen LogP contribution in [0.5, 0.6) is 5.75 Å². The van der Waals surface area contributed by atoms with Gasteiger partial charge in [0.1, 0.15) is 5.75 Å². The van der Waals surface area contributed by atoms with Gasteiger partial charge in [-0.15, -0.1) is 0 Å². The molecule has 7 heteroatoms. The lowest BCUT2D eigenvalue weighted by atomic mass is 9.89. The molecule has 0 radical (unpaired) electrons. The second-order valence-corrected chi connectivity index (χ2v) is 10.0. The molecule has 3 aliphatic heterocycles. The summed E-state index contributed by atoms with van der Waals surface area (Å²) in [5.74, 6) is 1.20. The topological polar surface area (TPSA) is 73.9 Å². The van der Waals surface area contributed by atoms with Gasteiger partial charge in [0.05, 0.1) is 13.2 Å². The molecule has 2 fully saturated rings. The first-order valence-electron chi connectivity index (χ1n) is 12.8. The number of rotatable bonds is 7. The molecule has 2 amide bonds. The number of carbonyl (C=O) groups is 2. The van der Waals surface area contributed by atoms with Crippen molar-refractivity contribution in [2.24, 2.45) is 0 Å². The maximum absolute atomic E-state index is 12.3. The predicted molar refractivity (Wildman–Crippen MR) is 137 cm³/mol. The van der Waals surface area contributed by atoms with Crippen LogP contribution in [0, 0.1) is 0 Å². The number of methoxy groups -OCH3 is 1. The van der Waals surface area contributed by atoms with E-state index in [0.717, 1.165) is 61.3 Å². The van der Waals surface area contributed by atoms with Crippen LogP contribution in [-0.2, 0) is 22.6 Å². The Hall–Kier alpha value is -2.90. The zero-order valence-electron chi connectivity index (χ0n) is 20.8. The van der Waals surface area contributed by atoms with Gasteiger partial charge in [-0.05, 0) is 55.5 Å². The van der Waals surface area contributed by atoms with E-state index >= 15 is 0 Å². The quantitative estimate of drug-likeness (QED) is 0.642. The lowest BCUT2D eigenvalue weighted by Crippen LogP contribution is -2.51. The Kier molecular flexibility index (Phi) is 7.07. The van der Waals surface area contributed by atoms with Crippen molar-refractivity contribution in [1.82, 2.24) is 15.5 Å². The molecule has 35 heavy (non-hydrogen) atoms. The summed E-state index contributed by atoms with van der Waals surface area (Å²) in [7, 11) is 3.57. The first-order chi connectivity index (χ1) is 17.0. The molecule has 2 N–H and O–H groups in total. The monoisotopic (exact) mass is 476 g/mol. The van der Waals surface area contributed by atoms with Crippen molar-refractivity contribution in [2.75, 3.05) is 32.1 Å². The van der Waals surface area contributed by atoms with Crippen LogP contribution in [0.3, 0.4) is 0 Å². The van der Waals surface area contributed by atoms with Gasteiger partial charge in [-0.2, -0.15) is 0 Å². The first-order valence-corrected chi connectivity index (χ1v) is 12.8. The summed E-state index contributed by atoms with van der Waals surface area (Å²) in [4.78, 5) is 28.4. The van der Waals surface area contributed by atoms with E-state index < -0.39 is 0 Å². The second-order valence-electron chi connectivity index (χ2n) is 10.0. The van der Waals surface area contributed by atoms with Gasteiger partial charge < -0.3 is 20.3 Å². The van der Waals surface area contributed by atoms with E-state index in [-0.39, 0.29) is 29.9 Å². The fourth-order valence-corrected chi connectivity index (χ4v) is 5.95. The molecule has 0 bridgehead atoms. The van der Waals surface area contributed by atoms with Crippen molar-refractivity contribution in [1.29, 1.82) is 0 Å². The molecule has 2 aromatic carbocycles. The van der Waals surface area contributed by atoms with E-state index in [2.05, 4.69) is 58.0 Å². The second kappa shape index (κ2) is 10.4. The third kappa shape index (κ3) is 5.07. The van der Waals surface area contributed by atoms with E-state index in [1.807, 2.05) is 7.05 Å². The molecule has 2 saturated heterocycles. The zero-order valence-corrected chi connectivity index (χ0v) is 20.8. The fourth-order valence-electron chi connectivity index (χ4n) is 5.95. The maximum atomic E-state index is 12.3. The number of hydrogen-bond acceptors (Lipinski definition) is 5. The number of likely N-dealkylation sites (tertiary alicyclic amines) is 1. The van der Waals surface area contributed by atoms with Gasteiger partial charge in [0.25, 0.3) is 0 Å². The number of anilines is 1. The van der Waals surface area contributed by atoms with Crippen molar-refractivity contribution in [3.05, 3.63) is 59.2 Å². The summed E-state index contributed by atoms with van der Waals surface area (Å²) < 4.78 is 5.75. The predicted octanol–water partition coefficient (Wildman–Crippen LogP) is 3.18. The van der Waals surface area contributed by atoms with Crippen LogP contribution in [0.2, 0.25) is 0 Å². The molecule has 3 aliphatic rings. The van der Waals surface area contributed by atoms with Crippen molar-refractivity contribution >= 4 is 17.5 Å². The third-order valence-corrected chi connectivity index (χ3v) is 7.80.